The molecule has 0 aliphatic carbocycles. The Morgan fingerprint density at radius 3 is 2.47 bits per heavy atom. The van der Waals surface area contributed by atoms with Gasteiger partial charge in [-0.3, -0.25) is 14.4 Å². The second-order valence-electron chi connectivity index (χ2n) is 8.49. The molecule has 0 fully saturated rings. The first kappa shape index (κ1) is 21.5. The van der Waals surface area contributed by atoms with Crippen molar-refractivity contribution in [1.29, 1.82) is 0 Å². The molecule has 7 heteroatoms. The maximum absolute atomic E-state index is 13.4. The molecule has 4 aromatic rings. The van der Waals surface area contributed by atoms with Crippen LogP contribution in [0, 0.1) is 6.92 Å². The number of aromatic amines is 1. The fourth-order valence-electron chi connectivity index (χ4n) is 4.64. The molecule has 0 unspecified atom stereocenters. The van der Waals surface area contributed by atoms with Crippen LogP contribution in [0.2, 0.25) is 0 Å². The highest BCUT2D eigenvalue weighted by molar-refractivity contribution is 6.03. The molecular weight excluding hydrogens is 428 g/mol. The number of nitrogens with zero attached hydrogens (tertiary/aromatic N) is 1. The molecule has 0 saturated heterocycles. The molecule has 7 nitrogen and oxygen atoms in total. The van der Waals surface area contributed by atoms with Crippen LogP contribution in [-0.4, -0.2) is 40.7 Å². The molecule has 5 rings (SSSR count). The molecule has 3 amide bonds. The Kier molecular flexibility index (Phi) is 5.37. The van der Waals surface area contributed by atoms with E-state index in [-0.39, 0.29) is 19.0 Å². The molecule has 1 aliphatic heterocycles. The highest BCUT2D eigenvalue weighted by Crippen LogP contribution is 2.45. The lowest BCUT2D eigenvalue weighted by molar-refractivity contribution is -0.125. The fraction of sp³-hybridized carbons (Fsp3) is 0.148. The quantitative estimate of drug-likeness (QED) is 0.418. The first-order valence-electron chi connectivity index (χ1n) is 11.1. The summed E-state index contributed by atoms with van der Waals surface area (Å²) in [7, 11) is 0. The van der Waals surface area contributed by atoms with E-state index in [4.69, 9.17) is 5.73 Å². The third-order valence-electron chi connectivity index (χ3n) is 6.19. The number of aromatic nitrogens is 1. The third-order valence-corrected chi connectivity index (χ3v) is 6.19. The summed E-state index contributed by atoms with van der Waals surface area (Å²) in [6.45, 7) is 1.56. The number of fused-ring (bicyclic) bond motifs is 2. The van der Waals surface area contributed by atoms with Gasteiger partial charge in [-0.2, -0.15) is 0 Å². The Labute approximate surface area is 196 Å². The van der Waals surface area contributed by atoms with Gasteiger partial charge in [0.05, 0.1) is 18.3 Å². The summed E-state index contributed by atoms with van der Waals surface area (Å²) < 4.78 is 0. The standard InChI is InChI=1S/C27H24N4O3/c1-16-10-12-17(13-11-16)25-24(20-8-4-5-9-21(20)30-25)26-18-6-2-3-7-19(18)27(34)31(26)15-23(33)29-14-22(28)32/h2-13,26,30H,14-15H2,1H3,(H2,28,32)(H,29,33)/t26-/m0/s1. The smallest absolute Gasteiger partial charge is 0.255 e. The summed E-state index contributed by atoms with van der Waals surface area (Å²) in [5.41, 5.74) is 11.5. The van der Waals surface area contributed by atoms with E-state index < -0.39 is 17.9 Å². The van der Waals surface area contributed by atoms with Gasteiger partial charge in [0, 0.05) is 22.0 Å². The van der Waals surface area contributed by atoms with E-state index in [9.17, 15) is 14.4 Å². The van der Waals surface area contributed by atoms with E-state index in [1.807, 2.05) is 61.5 Å². The number of hydrogen-bond donors (Lipinski definition) is 3. The molecule has 1 aromatic heterocycles. The highest BCUT2D eigenvalue weighted by Gasteiger charge is 2.40. The zero-order valence-electron chi connectivity index (χ0n) is 18.7. The van der Waals surface area contributed by atoms with Crippen LogP contribution in [0.4, 0.5) is 0 Å². The van der Waals surface area contributed by atoms with E-state index in [0.717, 1.165) is 38.9 Å². The van der Waals surface area contributed by atoms with Crippen molar-refractivity contribution in [3.05, 3.63) is 95.1 Å². The van der Waals surface area contributed by atoms with Gasteiger partial charge < -0.3 is 20.9 Å². The topological polar surface area (TPSA) is 108 Å². The lowest BCUT2D eigenvalue weighted by Crippen LogP contribution is -2.42. The van der Waals surface area contributed by atoms with Crippen molar-refractivity contribution in [2.75, 3.05) is 13.1 Å². The molecular formula is C27H24N4O3. The van der Waals surface area contributed by atoms with Crippen LogP contribution < -0.4 is 11.1 Å². The van der Waals surface area contributed by atoms with Gasteiger partial charge in [0.15, 0.2) is 0 Å². The summed E-state index contributed by atoms with van der Waals surface area (Å²) >= 11 is 0. The molecule has 0 bridgehead atoms. The van der Waals surface area contributed by atoms with E-state index in [0.29, 0.717) is 5.56 Å². The number of nitrogens with two attached hydrogens (primary N) is 1. The zero-order valence-corrected chi connectivity index (χ0v) is 18.7. The lowest BCUT2D eigenvalue weighted by atomic mass is 9.93. The molecule has 170 valence electrons. The van der Waals surface area contributed by atoms with Gasteiger partial charge in [-0.1, -0.05) is 66.2 Å². The minimum Gasteiger partial charge on any atom is -0.368 e. The molecule has 2 heterocycles. The number of H-pyrrole nitrogens is 1. The van der Waals surface area contributed by atoms with Crippen molar-refractivity contribution in [1.82, 2.24) is 15.2 Å². The molecule has 0 spiro atoms. The zero-order chi connectivity index (χ0) is 23.8. The monoisotopic (exact) mass is 452 g/mol. The second kappa shape index (κ2) is 8.51. The first-order chi connectivity index (χ1) is 16.4. The van der Waals surface area contributed by atoms with Crippen LogP contribution in [0.3, 0.4) is 0 Å². The minimum atomic E-state index is -0.640. The van der Waals surface area contributed by atoms with Crippen LogP contribution in [0.15, 0.2) is 72.8 Å². The molecule has 0 radical (unpaired) electrons. The first-order valence-corrected chi connectivity index (χ1v) is 11.1. The van der Waals surface area contributed by atoms with Crippen LogP contribution in [0.25, 0.3) is 22.2 Å². The average Bonchev–Trinajstić information content (AvgIpc) is 3.34. The van der Waals surface area contributed by atoms with Gasteiger partial charge in [-0.25, -0.2) is 0 Å². The Morgan fingerprint density at radius 2 is 1.71 bits per heavy atom. The number of aryl methyl sites for hydroxylation is 1. The molecule has 34 heavy (non-hydrogen) atoms. The molecule has 1 atom stereocenters. The number of carbonyl (C=O) groups excluding carboxylic acids is 3. The van der Waals surface area contributed by atoms with Crippen LogP contribution in [-0.2, 0) is 9.59 Å². The number of nitrogens with one attached hydrogen (secondary N) is 2. The third kappa shape index (κ3) is 3.71. The van der Waals surface area contributed by atoms with Crippen molar-refractivity contribution in [3.8, 4) is 11.3 Å². The minimum absolute atomic E-state index is 0.196. The van der Waals surface area contributed by atoms with Crippen molar-refractivity contribution in [3.63, 3.8) is 0 Å². The lowest BCUT2D eigenvalue weighted by Gasteiger charge is -2.26. The van der Waals surface area contributed by atoms with E-state index in [1.165, 1.54) is 0 Å². The van der Waals surface area contributed by atoms with Gasteiger partial charge in [0.1, 0.15) is 6.54 Å². The van der Waals surface area contributed by atoms with Gasteiger partial charge in [-0.05, 0) is 30.2 Å². The molecule has 3 aromatic carbocycles. The normalized spacial score (nSPS) is 14.9. The van der Waals surface area contributed by atoms with Crippen LogP contribution in [0.1, 0.15) is 33.1 Å². The SMILES string of the molecule is Cc1ccc(-c2[nH]c3ccccc3c2[C@@H]2c3ccccc3C(=O)N2CC(=O)NCC(N)=O)cc1. The van der Waals surface area contributed by atoms with Crippen LogP contribution >= 0.6 is 0 Å². The number of benzene rings is 3. The summed E-state index contributed by atoms with van der Waals surface area (Å²) in [4.78, 5) is 42.3. The van der Waals surface area contributed by atoms with Gasteiger partial charge >= 0.3 is 0 Å². The largest absolute Gasteiger partial charge is 0.368 e. The maximum Gasteiger partial charge on any atom is 0.255 e. The molecule has 1 aliphatic rings. The van der Waals surface area contributed by atoms with Gasteiger partial charge in [-0.15, -0.1) is 0 Å². The van der Waals surface area contributed by atoms with Crippen molar-refractivity contribution in [2.24, 2.45) is 5.73 Å². The molecule has 0 saturated carbocycles. The van der Waals surface area contributed by atoms with Crippen LogP contribution in [0.5, 0.6) is 0 Å². The Morgan fingerprint density at radius 1 is 1.00 bits per heavy atom. The number of rotatable bonds is 6. The fourth-order valence-corrected chi connectivity index (χ4v) is 4.64. The average molecular weight is 453 g/mol. The summed E-state index contributed by atoms with van der Waals surface area (Å²) in [5.74, 6) is -1.31. The van der Waals surface area contributed by atoms with Crippen molar-refractivity contribution in [2.45, 2.75) is 13.0 Å². The Hall–Kier alpha value is -4.39. The summed E-state index contributed by atoms with van der Waals surface area (Å²) in [6, 6.07) is 23.1. The Bertz CT molecular complexity index is 1420. The van der Waals surface area contributed by atoms with Crippen molar-refractivity contribution < 1.29 is 14.4 Å². The summed E-state index contributed by atoms with van der Waals surface area (Å²) in [6.07, 6.45) is 0. The van der Waals surface area contributed by atoms with E-state index in [1.54, 1.807) is 11.0 Å². The van der Waals surface area contributed by atoms with E-state index >= 15 is 0 Å². The number of carbonyl (C=O) groups is 3. The number of para-hydroxylation sites is 1. The highest BCUT2D eigenvalue weighted by atomic mass is 16.2. The predicted molar refractivity (Wildman–Crippen MR) is 130 cm³/mol. The summed E-state index contributed by atoms with van der Waals surface area (Å²) in [5, 5.41) is 3.48. The maximum atomic E-state index is 13.4. The number of amides is 3. The predicted octanol–water partition coefficient (Wildman–Crippen LogP) is 3.29. The number of primary amides is 1. The van der Waals surface area contributed by atoms with E-state index in [2.05, 4.69) is 22.4 Å². The van der Waals surface area contributed by atoms with Gasteiger partial charge in [0.25, 0.3) is 5.91 Å². The van der Waals surface area contributed by atoms with Crippen molar-refractivity contribution >= 4 is 28.6 Å². The molecule has 4 N–H and O–H groups in total. The number of hydrogen-bond acceptors (Lipinski definition) is 3. The Balaban J connectivity index is 1.68. The van der Waals surface area contributed by atoms with Gasteiger partial charge in [0.2, 0.25) is 11.8 Å². The second-order valence-corrected chi connectivity index (χ2v) is 8.49.